The Labute approximate surface area is 301 Å². The molecule has 0 N–H and O–H groups in total. The van der Waals surface area contributed by atoms with Crippen molar-refractivity contribution in [2.24, 2.45) is 11.8 Å². The number of hydrogen-bond acceptors (Lipinski definition) is 9. The molecular weight excluding hydrogens is 660 g/mol. The number of ether oxygens (including phenoxy) is 7. The van der Waals surface area contributed by atoms with Gasteiger partial charge < -0.3 is 33.2 Å². The molecule has 1 saturated carbocycles. The van der Waals surface area contributed by atoms with Gasteiger partial charge in [-0.15, -0.1) is 0 Å². The van der Waals surface area contributed by atoms with Crippen molar-refractivity contribution in [3.63, 3.8) is 0 Å². The highest BCUT2D eigenvalue weighted by Crippen LogP contribution is 2.41. The third kappa shape index (κ3) is 12.2. The van der Waals surface area contributed by atoms with E-state index in [2.05, 4.69) is 18.2 Å². The van der Waals surface area contributed by atoms with E-state index in [4.69, 9.17) is 44.8 Å². The van der Waals surface area contributed by atoms with Crippen molar-refractivity contribution in [3.8, 4) is 5.75 Å². The molecule has 0 aromatic heterocycles. The summed E-state index contributed by atoms with van der Waals surface area (Å²) in [6, 6.07) is 16.4. The number of carbonyl (C=O) groups excluding carboxylic acids is 2. The molecule has 1 aliphatic carbocycles. The second-order valence-corrected chi connectivity index (χ2v) is 13.5. The number of halogens is 1. The van der Waals surface area contributed by atoms with Crippen LogP contribution in [0.1, 0.15) is 81.0 Å². The number of unbranched alkanes of at least 4 members (excludes halogenated alkanes) is 1. The Balaban J connectivity index is 1.38. The van der Waals surface area contributed by atoms with Crippen molar-refractivity contribution in [3.05, 3.63) is 89.5 Å². The molecule has 272 valence electrons. The zero-order chi connectivity index (χ0) is 35.0. The lowest BCUT2D eigenvalue weighted by atomic mass is 9.89. The number of rotatable bonds is 17. The number of hydrogen-bond donors (Lipinski definition) is 0. The lowest BCUT2D eigenvalue weighted by Gasteiger charge is -2.29. The first kappa shape index (κ1) is 38.0. The summed E-state index contributed by atoms with van der Waals surface area (Å²) in [5.74, 6) is -0.120. The van der Waals surface area contributed by atoms with Crippen LogP contribution in [0.3, 0.4) is 0 Å². The van der Waals surface area contributed by atoms with Crippen LogP contribution < -0.4 is 4.74 Å². The first-order valence-corrected chi connectivity index (χ1v) is 18.4. The van der Waals surface area contributed by atoms with E-state index in [1.54, 1.807) is 24.3 Å². The van der Waals surface area contributed by atoms with Crippen molar-refractivity contribution in [1.29, 1.82) is 0 Å². The average Bonchev–Trinajstić information content (AvgIpc) is 3.46. The Morgan fingerprint density at radius 3 is 2.44 bits per heavy atom. The van der Waals surface area contributed by atoms with Crippen LogP contribution in [0.4, 0.5) is 0 Å². The summed E-state index contributed by atoms with van der Waals surface area (Å²) in [7, 11) is 1.41. The van der Waals surface area contributed by atoms with E-state index in [1.807, 2.05) is 36.4 Å². The lowest BCUT2D eigenvalue weighted by molar-refractivity contribution is -0.195. The highest BCUT2D eigenvalue weighted by atomic mass is 35.5. The maximum Gasteiger partial charge on any atom is 0.338 e. The molecule has 0 radical (unpaired) electrons. The summed E-state index contributed by atoms with van der Waals surface area (Å²) in [5, 5.41) is 0.592. The monoisotopic (exact) mass is 710 g/mol. The number of benzene rings is 2. The van der Waals surface area contributed by atoms with Gasteiger partial charge >= 0.3 is 11.9 Å². The van der Waals surface area contributed by atoms with Gasteiger partial charge in [0, 0.05) is 37.0 Å². The first-order valence-electron chi connectivity index (χ1n) is 18.1. The van der Waals surface area contributed by atoms with Crippen LogP contribution in [0.2, 0.25) is 5.02 Å². The normalized spacial score (nSPS) is 26.2. The molecule has 2 aliphatic heterocycles. The van der Waals surface area contributed by atoms with Gasteiger partial charge in [0.1, 0.15) is 24.6 Å². The lowest BCUT2D eigenvalue weighted by Crippen LogP contribution is -2.32. The molecule has 9 nitrogen and oxygen atoms in total. The molecule has 2 aromatic rings. The van der Waals surface area contributed by atoms with Crippen LogP contribution in [0.5, 0.6) is 5.75 Å². The molecule has 0 spiro atoms. The Morgan fingerprint density at radius 2 is 1.72 bits per heavy atom. The number of allylic oxidation sites excluding steroid dienone is 2. The fraction of sp³-hybridized carbons (Fsp3) is 0.550. The van der Waals surface area contributed by atoms with Crippen LogP contribution in [0.15, 0.2) is 78.9 Å². The number of carbonyl (C=O) groups is 2. The second kappa shape index (κ2) is 20.6. The smallest absolute Gasteiger partial charge is 0.338 e. The standard InChI is InChI=1S/C40H51ClO9/c1-44-37(42)19-8-3-2-7-18-33-34(23-22-32(48-38-20-9-11-24-45-38)28-47-31-17-13-16-30(41)26-31)36(50-40(43)29-14-5-4-6-15-29)27-35(33)49-39-21-10-12-25-46-39/h2,4-7,13-17,22-23,26,32-36,38-39H,3,8-12,18-21,24-25,27-28H2,1H3/t32-,33-,34-,35+,36-,38?,39?/m1/s1. The van der Waals surface area contributed by atoms with Gasteiger partial charge in [0.25, 0.3) is 0 Å². The highest BCUT2D eigenvalue weighted by Gasteiger charge is 2.45. The quantitative estimate of drug-likeness (QED) is 0.0913. The predicted octanol–water partition coefficient (Wildman–Crippen LogP) is 8.25. The van der Waals surface area contributed by atoms with Crippen molar-refractivity contribution in [2.45, 2.75) is 102 Å². The van der Waals surface area contributed by atoms with Crippen molar-refractivity contribution in [1.82, 2.24) is 0 Å². The molecule has 2 aromatic carbocycles. The fourth-order valence-electron chi connectivity index (χ4n) is 6.71. The molecule has 2 saturated heterocycles. The minimum absolute atomic E-state index is 0.0114. The third-order valence-corrected chi connectivity index (χ3v) is 9.61. The molecule has 50 heavy (non-hydrogen) atoms. The fourth-order valence-corrected chi connectivity index (χ4v) is 6.90. The van der Waals surface area contributed by atoms with Gasteiger partial charge in [-0.25, -0.2) is 4.79 Å². The van der Waals surface area contributed by atoms with Crippen LogP contribution in [-0.2, 0) is 33.2 Å². The van der Waals surface area contributed by atoms with Crippen molar-refractivity contribution < 1.29 is 42.7 Å². The number of esters is 2. The van der Waals surface area contributed by atoms with Crippen LogP contribution in [-0.4, -0.2) is 69.8 Å². The molecule has 0 amide bonds. The summed E-state index contributed by atoms with van der Waals surface area (Å²) < 4.78 is 42.2. The van der Waals surface area contributed by atoms with Gasteiger partial charge in [0.15, 0.2) is 12.6 Å². The molecule has 10 heteroatoms. The molecule has 5 rings (SSSR count). The third-order valence-electron chi connectivity index (χ3n) is 9.38. The molecule has 0 bridgehead atoms. The highest BCUT2D eigenvalue weighted by molar-refractivity contribution is 6.30. The molecule has 2 heterocycles. The second-order valence-electron chi connectivity index (χ2n) is 13.1. The van der Waals surface area contributed by atoms with Crippen LogP contribution in [0.25, 0.3) is 0 Å². The Kier molecular flexibility index (Phi) is 15.7. The summed E-state index contributed by atoms with van der Waals surface area (Å²) >= 11 is 6.22. The topological polar surface area (TPSA) is 98.8 Å². The summed E-state index contributed by atoms with van der Waals surface area (Å²) in [5.41, 5.74) is 0.503. The van der Waals surface area contributed by atoms with Gasteiger partial charge in [-0.2, -0.15) is 0 Å². The van der Waals surface area contributed by atoms with Crippen LogP contribution in [0, 0.1) is 11.8 Å². The Bertz CT molecular complexity index is 1370. The maximum absolute atomic E-state index is 13.4. The first-order chi connectivity index (χ1) is 24.5. The van der Waals surface area contributed by atoms with E-state index < -0.39 is 12.2 Å². The summed E-state index contributed by atoms with van der Waals surface area (Å²) in [6.07, 6.45) is 15.5. The largest absolute Gasteiger partial charge is 0.490 e. The van der Waals surface area contributed by atoms with Crippen molar-refractivity contribution >= 4 is 23.5 Å². The van der Waals surface area contributed by atoms with Gasteiger partial charge in [0.05, 0.1) is 18.8 Å². The minimum Gasteiger partial charge on any atom is -0.490 e. The SMILES string of the molecule is COC(=O)CCCC=CC[C@@H]1[C@@H](C=C[C@H](COc2cccc(Cl)c2)OC2CCCCO2)[C@H](OC(=O)c2ccccc2)C[C@@H]1OC1CCCCO1. The van der Waals surface area contributed by atoms with E-state index in [1.165, 1.54) is 7.11 Å². The predicted molar refractivity (Wildman–Crippen MR) is 190 cm³/mol. The van der Waals surface area contributed by atoms with Crippen molar-refractivity contribution in [2.75, 3.05) is 26.9 Å². The molecule has 2 unspecified atom stereocenters. The molecule has 3 aliphatic rings. The number of methoxy groups -OCH3 is 1. The molecule has 3 fully saturated rings. The summed E-state index contributed by atoms with van der Waals surface area (Å²) in [4.78, 5) is 25.0. The van der Waals surface area contributed by atoms with E-state index in [-0.39, 0.29) is 49.1 Å². The molecule has 7 atom stereocenters. The van der Waals surface area contributed by atoms with Gasteiger partial charge in [-0.05, 0) is 94.0 Å². The van der Waals surface area contributed by atoms with E-state index >= 15 is 0 Å². The molecular formula is C40H51ClO9. The summed E-state index contributed by atoms with van der Waals surface area (Å²) in [6.45, 7) is 1.58. The zero-order valence-corrected chi connectivity index (χ0v) is 29.8. The maximum atomic E-state index is 13.4. The minimum atomic E-state index is -0.439. The van der Waals surface area contributed by atoms with Crippen LogP contribution >= 0.6 is 11.6 Å². The average molecular weight is 711 g/mol. The van der Waals surface area contributed by atoms with Gasteiger partial charge in [-0.3, -0.25) is 4.79 Å². The van der Waals surface area contributed by atoms with E-state index in [0.717, 1.165) is 44.9 Å². The van der Waals surface area contributed by atoms with Gasteiger partial charge in [0.2, 0.25) is 0 Å². The Hall–Kier alpha value is -3.21. The zero-order valence-electron chi connectivity index (χ0n) is 29.0. The van der Waals surface area contributed by atoms with E-state index in [9.17, 15) is 9.59 Å². The Morgan fingerprint density at radius 1 is 0.940 bits per heavy atom. The van der Waals surface area contributed by atoms with Gasteiger partial charge in [-0.1, -0.05) is 60.2 Å². The van der Waals surface area contributed by atoms with E-state index in [0.29, 0.717) is 55.2 Å².